The van der Waals surface area contributed by atoms with E-state index in [0.717, 1.165) is 0 Å². The van der Waals surface area contributed by atoms with Crippen molar-refractivity contribution in [3.8, 4) is 0 Å². The summed E-state index contributed by atoms with van der Waals surface area (Å²) in [6.07, 6.45) is -2.47. The predicted molar refractivity (Wildman–Crippen MR) is 86.1 cm³/mol. The van der Waals surface area contributed by atoms with E-state index in [1.54, 1.807) is 0 Å². The largest absolute Gasteiger partial charge is 0.480 e. The first-order chi connectivity index (χ1) is 11.4. The monoisotopic (exact) mass is 362 g/mol. The molecule has 0 rings (SSSR count). The van der Waals surface area contributed by atoms with Gasteiger partial charge >= 0.3 is 5.97 Å². The van der Waals surface area contributed by atoms with Crippen molar-refractivity contribution in [2.24, 2.45) is 5.73 Å². The van der Waals surface area contributed by atoms with E-state index in [0.29, 0.717) is 0 Å². The van der Waals surface area contributed by atoms with Gasteiger partial charge in [-0.3, -0.25) is 19.2 Å². The fourth-order valence-corrected chi connectivity index (χ4v) is 1.64. The number of hydrogen-bond acceptors (Lipinski definition) is 7. The SMILES string of the molecule is CC(NC(=O)C(C)NC(=O)C(NC(=O)C(N)C(C)O)C(C)O)C(=O)O. The van der Waals surface area contributed by atoms with Crippen LogP contribution in [0.25, 0.3) is 0 Å². The number of carbonyl (C=O) groups is 4. The number of hydrogen-bond donors (Lipinski definition) is 7. The van der Waals surface area contributed by atoms with Crippen LogP contribution in [0.15, 0.2) is 0 Å². The minimum absolute atomic E-state index is 0.750. The quantitative estimate of drug-likeness (QED) is 0.221. The highest BCUT2D eigenvalue weighted by Crippen LogP contribution is 1.98. The van der Waals surface area contributed by atoms with Crippen LogP contribution in [0.1, 0.15) is 27.7 Å². The van der Waals surface area contributed by atoms with Crippen molar-refractivity contribution in [3.63, 3.8) is 0 Å². The van der Waals surface area contributed by atoms with Crippen LogP contribution in [0.4, 0.5) is 0 Å². The molecule has 8 N–H and O–H groups in total. The Bertz CT molecular complexity index is 509. The molecule has 0 saturated carbocycles. The second kappa shape index (κ2) is 9.91. The summed E-state index contributed by atoms with van der Waals surface area (Å²) in [5.74, 6) is -3.72. The molecule has 25 heavy (non-hydrogen) atoms. The van der Waals surface area contributed by atoms with Crippen LogP contribution in [0.5, 0.6) is 0 Å². The van der Waals surface area contributed by atoms with Gasteiger partial charge in [-0.05, 0) is 27.7 Å². The summed E-state index contributed by atoms with van der Waals surface area (Å²) in [7, 11) is 0. The lowest BCUT2D eigenvalue weighted by Gasteiger charge is -2.25. The van der Waals surface area contributed by atoms with E-state index in [9.17, 15) is 29.4 Å². The van der Waals surface area contributed by atoms with Crippen LogP contribution >= 0.6 is 0 Å². The molecule has 0 aromatic carbocycles. The van der Waals surface area contributed by atoms with Crippen molar-refractivity contribution in [1.82, 2.24) is 16.0 Å². The van der Waals surface area contributed by atoms with Crippen LogP contribution in [-0.4, -0.2) is 75.4 Å². The first-order valence-corrected chi connectivity index (χ1v) is 7.64. The molecule has 0 spiro atoms. The van der Waals surface area contributed by atoms with Crippen molar-refractivity contribution < 1.29 is 34.5 Å². The molecule has 0 aliphatic rings. The molecule has 0 fully saturated rings. The van der Waals surface area contributed by atoms with Gasteiger partial charge < -0.3 is 37.0 Å². The van der Waals surface area contributed by atoms with Crippen molar-refractivity contribution in [2.45, 2.75) is 64.1 Å². The number of nitrogens with two attached hydrogens (primary N) is 1. The molecule has 0 heterocycles. The number of carboxylic acids is 1. The van der Waals surface area contributed by atoms with E-state index in [1.807, 2.05) is 0 Å². The summed E-state index contributed by atoms with van der Waals surface area (Å²) < 4.78 is 0. The minimum atomic E-state index is -1.41. The number of nitrogens with one attached hydrogen (secondary N) is 3. The second-order valence-electron chi connectivity index (χ2n) is 5.79. The Hall–Kier alpha value is -2.24. The fourth-order valence-electron chi connectivity index (χ4n) is 1.64. The Balaban J connectivity index is 4.87. The van der Waals surface area contributed by atoms with Gasteiger partial charge in [0.15, 0.2) is 0 Å². The molecule has 0 aliphatic carbocycles. The van der Waals surface area contributed by atoms with Crippen molar-refractivity contribution >= 4 is 23.7 Å². The smallest absolute Gasteiger partial charge is 0.325 e. The van der Waals surface area contributed by atoms with E-state index in [2.05, 4.69) is 16.0 Å². The number of carboxylic acid groups (broad SMARTS) is 1. The normalized spacial score (nSPS) is 18.0. The van der Waals surface area contributed by atoms with Gasteiger partial charge in [0, 0.05) is 0 Å². The number of aliphatic hydroxyl groups excluding tert-OH is 2. The van der Waals surface area contributed by atoms with Gasteiger partial charge in [0.25, 0.3) is 0 Å². The Morgan fingerprint density at radius 3 is 1.64 bits per heavy atom. The molecule has 0 radical (unpaired) electrons. The second-order valence-corrected chi connectivity index (χ2v) is 5.79. The van der Waals surface area contributed by atoms with Crippen LogP contribution < -0.4 is 21.7 Å². The summed E-state index contributed by atoms with van der Waals surface area (Å²) >= 11 is 0. The molecule has 0 aliphatic heterocycles. The minimum Gasteiger partial charge on any atom is -0.480 e. The van der Waals surface area contributed by atoms with Crippen molar-refractivity contribution in [2.75, 3.05) is 0 Å². The average molecular weight is 362 g/mol. The maximum absolute atomic E-state index is 12.2. The molecule has 0 saturated heterocycles. The Kier molecular flexibility index (Phi) is 9.02. The predicted octanol–water partition coefficient (Wildman–Crippen LogP) is -3.35. The zero-order chi connectivity index (χ0) is 19.9. The molecule has 11 nitrogen and oxygen atoms in total. The Morgan fingerprint density at radius 1 is 0.760 bits per heavy atom. The van der Waals surface area contributed by atoms with E-state index in [-0.39, 0.29) is 0 Å². The van der Waals surface area contributed by atoms with Gasteiger partial charge in [-0.15, -0.1) is 0 Å². The number of aliphatic carboxylic acids is 1. The summed E-state index contributed by atoms with van der Waals surface area (Å²) in [4.78, 5) is 46.5. The molecule has 0 bridgehead atoms. The Morgan fingerprint density at radius 2 is 1.24 bits per heavy atom. The first kappa shape index (κ1) is 22.8. The maximum Gasteiger partial charge on any atom is 0.325 e. The number of carbonyl (C=O) groups excluding carboxylic acids is 3. The molecular weight excluding hydrogens is 336 g/mol. The van der Waals surface area contributed by atoms with Gasteiger partial charge in [-0.1, -0.05) is 0 Å². The zero-order valence-electron chi connectivity index (χ0n) is 14.5. The van der Waals surface area contributed by atoms with E-state index in [4.69, 9.17) is 10.8 Å². The van der Waals surface area contributed by atoms with E-state index < -0.39 is 60.1 Å². The van der Waals surface area contributed by atoms with Crippen molar-refractivity contribution in [3.05, 3.63) is 0 Å². The topological polar surface area (TPSA) is 191 Å². The van der Waals surface area contributed by atoms with Crippen LogP contribution in [-0.2, 0) is 19.2 Å². The van der Waals surface area contributed by atoms with Crippen LogP contribution in [0.2, 0.25) is 0 Å². The fraction of sp³-hybridized carbons (Fsp3) is 0.714. The van der Waals surface area contributed by atoms with Crippen molar-refractivity contribution in [1.29, 1.82) is 0 Å². The summed E-state index contributed by atoms with van der Waals surface area (Å²) in [5, 5.41) is 34.3. The van der Waals surface area contributed by atoms with Gasteiger partial charge in [0.1, 0.15) is 24.2 Å². The standard InChI is InChI=1S/C14H26N4O7/c1-5(11(21)17-6(2)14(24)25)16-13(23)10(8(4)20)18-12(22)9(15)7(3)19/h5-10,19-20H,15H2,1-4H3,(H,16,23)(H,17,21)(H,18,22)(H,24,25). The lowest BCUT2D eigenvalue weighted by molar-refractivity contribution is -0.141. The lowest BCUT2D eigenvalue weighted by Crippen LogP contribution is -2.60. The average Bonchev–Trinajstić information content (AvgIpc) is 2.50. The van der Waals surface area contributed by atoms with E-state index >= 15 is 0 Å². The molecular formula is C14H26N4O7. The number of aliphatic hydroxyl groups is 2. The third kappa shape index (κ3) is 7.45. The van der Waals surface area contributed by atoms with E-state index in [1.165, 1.54) is 27.7 Å². The first-order valence-electron chi connectivity index (χ1n) is 7.64. The van der Waals surface area contributed by atoms with Gasteiger partial charge in [0.2, 0.25) is 17.7 Å². The zero-order valence-corrected chi connectivity index (χ0v) is 14.5. The highest BCUT2D eigenvalue weighted by atomic mass is 16.4. The highest BCUT2D eigenvalue weighted by Gasteiger charge is 2.31. The van der Waals surface area contributed by atoms with Crippen LogP contribution in [0.3, 0.4) is 0 Å². The lowest BCUT2D eigenvalue weighted by atomic mass is 10.1. The third-order valence-corrected chi connectivity index (χ3v) is 3.37. The van der Waals surface area contributed by atoms with Gasteiger partial charge in [0.05, 0.1) is 12.2 Å². The summed E-state index contributed by atoms with van der Waals surface area (Å²) in [6, 6.07) is -4.98. The third-order valence-electron chi connectivity index (χ3n) is 3.37. The number of rotatable bonds is 9. The summed E-state index contributed by atoms with van der Waals surface area (Å²) in [5.41, 5.74) is 5.45. The maximum atomic E-state index is 12.2. The van der Waals surface area contributed by atoms with Crippen LogP contribution in [0, 0.1) is 0 Å². The van der Waals surface area contributed by atoms with Gasteiger partial charge in [-0.25, -0.2) is 0 Å². The molecule has 6 atom stereocenters. The Labute approximate surface area is 145 Å². The summed E-state index contributed by atoms with van der Waals surface area (Å²) in [6.45, 7) is 5.10. The highest BCUT2D eigenvalue weighted by molar-refractivity contribution is 5.94. The molecule has 11 heteroatoms. The molecule has 6 unspecified atom stereocenters. The molecule has 144 valence electrons. The van der Waals surface area contributed by atoms with Gasteiger partial charge in [-0.2, -0.15) is 0 Å². The molecule has 0 aromatic rings. The molecule has 0 aromatic heterocycles. The number of amides is 3. The molecule has 3 amide bonds.